The number of carbonyl (C=O) groups excluding carboxylic acids is 3. The summed E-state index contributed by atoms with van der Waals surface area (Å²) in [6.07, 6.45) is 1.92. The maximum Gasteiger partial charge on any atom is 0.408 e. The molecule has 0 fully saturated rings. The number of fused-ring (bicyclic) bond motifs is 1. The van der Waals surface area contributed by atoms with Gasteiger partial charge < -0.3 is 20.3 Å². The predicted molar refractivity (Wildman–Crippen MR) is 176 cm³/mol. The molecule has 0 saturated heterocycles. The van der Waals surface area contributed by atoms with Crippen LogP contribution in [-0.2, 0) is 27.2 Å². The molecule has 0 saturated carbocycles. The van der Waals surface area contributed by atoms with Gasteiger partial charge in [-0.1, -0.05) is 97.9 Å². The number of nitrogens with zero attached hydrogens (tertiary/aromatic N) is 1. The first kappa shape index (κ1) is 32.0. The summed E-state index contributed by atoms with van der Waals surface area (Å²) < 4.78 is 5.51. The third-order valence-corrected chi connectivity index (χ3v) is 7.16. The van der Waals surface area contributed by atoms with Crippen molar-refractivity contribution in [3.63, 3.8) is 0 Å². The quantitative estimate of drug-likeness (QED) is 0.180. The van der Waals surface area contributed by atoms with E-state index in [9.17, 15) is 14.4 Å². The SMILES string of the molecule is C=CCN(C(=O)C(Cc1ccccc1)NC(=O)OC(C)(C)C)C(C(=O)Nc1ccc2ccccc2c1)c1ccc(CC)cc1. The average molecular weight is 592 g/mol. The van der Waals surface area contributed by atoms with E-state index in [0.717, 1.165) is 28.3 Å². The maximum absolute atomic E-state index is 14.4. The van der Waals surface area contributed by atoms with Crippen LogP contribution in [0.25, 0.3) is 10.8 Å². The molecule has 0 heterocycles. The maximum atomic E-state index is 14.4. The number of hydrogen-bond acceptors (Lipinski definition) is 4. The Morgan fingerprint density at radius 3 is 2.16 bits per heavy atom. The Morgan fingerprint density at radius 1 is 0.864 bits per heavy atom. The van der Waals surface area contributed by atoms with Crippen molar-refractivity contribution in [3.05, 3.63) is 126 Å². The molecule has 2 unspecified atom stereocenters. The van der Waals surface area contributed by atoms with Gasteiger partial charge in [-0.05, 0) is 66.8 Å². The lowest BCUT2D eigenvalue weighted by atomic mass is 9.98. The van der Waals surface area contributed by atoms with Gasteiger partial charge in [0, 0.05) is 18.7 Å². The Balaban J connectivity index is 1.73. The number of amides is 3. The Kier molecular flexibility index (Phi) is 10.6. The van der Waals surface area contributed by atoms with E-state index in [4.69, 9.17) is 4.74 Å². The number of alkyl carbamates (subject to hydrolysis) is 1. The fourth-order valence-electron chi connectivity index (χ4n) is 5.05. The molecule has 0 spiro atoms. The Labute approximate surface area is 259 Å². The van der Waals surface area contributed by atoms with E-state index in [2.05, 4.69) is 24.1 Å². The lowest BCUT2D eigenvalue weighted by Gasteiger charge is -2.34. The van der Waals surface area contributed by atoms with Gasteiger partial charge >= 0.3 is 6.09 Å². The molecule has 4 rings (SSSR count). The first-order valence-electron chi connectivity index (χ1n) is 14.9. The van der Waals surface area contributed by atoms with Gasteiger partial charge in [-0.15, -0.1) is 6.58 Å². The molecule has 4 aromatic rings. The lowest BCUT2D eigenvalue weighted by molar-refractivity contribution is -0.140. The highest BCUT2D eigenvalue weighted by molar-refractivity contribution is 6.00. The molecular weight excluding hydrogens is 550 g/mol. The van der Waals surface area contributed by atoms with Gasteiger partial charge in [-0.25, -0.2) is 4.79 Å². The van der Waals surface area contributed by atoms with Crippen LogP contribution < -0.4 is 10.6 Å². The highest BCUT2D eigenvalue weighted by Crippen LogP contribution is 2.27. The molecule has 0 aliphatic carbocycles. The van der Waals surface area contributed by atoms with Crippen LogP contribution in [-0.4, -0.2) is 41.0 Å². The van der Waals surface area contributed by atoms with Crippen LogP contribution in [0.2, 0.25) is 0 Å². The molecule has 3 amide bonds. The van der Waals surface area contributed by atoms with Gasteiger partial charge in [0.15, 0.2) is 0 Å². The Hall–Kier alpha value is -4.91. The van der Waals surface area contributed by atoms with Gasteiger partial charge in [0.2, 0.25) is 5.91 Å². The molecule has 0 aliphatic heterocycles. The molecule has 7 heteroatoms. The zero-order valence-electron chi connectivity index (χ0n) is 25.9. The number of benzene rings is 4. The van der Waals surface area contributed by atoms with E-state index in [0.29, 0.717) is 11.3 Å². The monoisotopic (exact) mass is 591 g/mol. The minimum absolute atomic E-state index is 0.0749. The van der Waals surface area contributed by atoms with Crippen molar-refractivity contribution in [2.75, 3.05) is 11.9 Å². The number of anilines is 1. The summed E-state index contributed by atoms with van der Waals surface area (Å²) in [6.45, 7) is 11.3. The molecule has 2 N–H and O–H groups in total. The summed E-state index contributed by atoms with van der Waals surface area (Å²) in [6, 6.07) is 28.7. The minimum atomic E-state index is -1.00. The molecule has 0 bridgehead atoms. The van der Waals surface area contributed by atoms with Gasteiger partial charge in [0.05, 0.1) is 0 Å². The van der Waals surface area contributed by atoms with Crippen LogP contribution in [0.4, 0.5) is 10.5 Å². The van der Waals surface area contributed by atoms with E-state index in [-0.39, 0.29) is 18.9 Å². The van der Waals surface area contributed by atoms with Crippen LogP contribution >= 0.6 is 0 Å². The predicted octanol–water partition coefficient (Wildman–Crippen LogP) is 7.23. The average Bonchev–Trinajstić information content (AvgIpc) is 3.00. The number of rotatable bonds is 11. The van der Waals surface area contributed by atoms with Gasteiger partial charge in [-0.2, -0.15) is 0 Å². The van der Waals surface area contributed by atoms with Gasteiger partial charge in [-0.3, -0.25) is 9.59 Å². The smallest absolute Gasteiger partial charge is 0.408 e. The molecule has 7 nitrogen and oxygen atoms in total. The van der Waals surface area contributed by atoms with Crippen molar-refractivity contribution in [3.8, 4) is 0 Å². The van der Waals surface area contributed by atoms with Crippen LogP contribution in [0.5, 0.6) is 0 Å². The largest absolute Gasteiger partial charge is 0.444 e. The molecule has 0 aliphatic rings. The van der Waals surface area contributed by atoms with Crippen LogP contribution in [0.3, 0.4) is 0 Å². The third kappa shape index (κ3) is 8.57. The van der Waals surface area contributed by atoms with Crippen LogP contribution in [0, 0.1) is 0 Å². The summed E-state index contributed by atoms with van der Waals surface area (Å²) in [4.78, 5) is 43.0. The second-order valence-corrected chi connectivity index (χ2v) is 11.7. The van der Waals surface area contributed by atoms with Crippen LogP contribution in [0.15, 0.2) is 110 Å². The molecule has 4 aromatic carbocycles. The number of ether oxygens (including phenoxy) is 1. The Morgan fingerprint density at radius 2 is 1.52 bits per heavy atom. The van der Waals surface area contributed by atoms with E-state index < -0.39 is 29.7 Å². The summed E-state index contributed by atoms with van der Waals surface area (Å²) in [5.74, 6) is -0.812. The van der Waals surface area contributed by atoms with Crippen LogP contribution in [0.1, 0.15) is 50.4 Å². The second-order valence-electron chi connectivity index (χ2n) is 11.7. The first-order valence-corrected chi connectivity index (χ1v) is 14.9. The molecule has 0 radical (unpaired) electrons. The summed E-state index contributed by atoms with van der Waals surface area (Å²) >= 11 is 0. The molecular formula is C37H41N3O4. The van der Waals surface area contributed by atoms with Gasteiger partial charge in [0.25, 0.3) is 5.91 Å². The van der Waals surface area contributed by atoms with E-state index in [1.54, 1.807) is 26.8 Å². The number of hydrogen-bond donors (Lipinski definition) is 2. The fourth-order valence-corrected chi connectivity index (χ4v) is 5.05. The second kappa shape index (κ2) is 14.5. The molecule has 2 atom stereocenters. The number of carbonyl (C=O) groups is 3. The molecule has 0 aromatic heterocycles. The van der Waals surface area contributed by atoms with E-state index in [1.165, 1.54) is 4.90 Å². The fraction of sp³-hybridized carbons (Fsp3) is 0.270. The first-order chi connectivity index (χ1) is 21.1. The van der Waals surface area contributed by atoms with Crippen molar-refractivity contribution >= 4 is 34.4 Å². The van der Waals surface area contributed by atoms with Crippen molar-refractivity contribution in [1.82, 2.24) is 10.2 Å². The van der Waals surface area contributed by atoms with E-state index in [1.807, 2.05) is 97.1 Å². The molecule has 44 heavy (non-hydrogen) atoms. The topological polar surface area (TPSA) is 87.7 Å². The van der Waals surface area contributed by atoms with Crippen molar-refractivity contribution in [1.29, 1.82) is 0 Å². The van der Waals surface area contributed by atoms with Crippen molar-refractivity contribution in [2.45, 2.75) is 58.2 Å². The summed E-state index contributed by atoms with van der Waals surface area (Å²) in [5.41, 5.74) is 2.46. The number of aryl methyl sites for hydroxylation is 1. The Bertz CT molecular complexity index is 1590. The zero-order valence-corrected chi connectivity index (χ0v) is 25.9. The highest BCUT2D eigenvalue weighted by atomic mass is 16.6. The van der Waals surface area contributed by atoms with Crippen molar-refractivity contribution < 1.29 is 19.1 Å². The van der Waals surface area contributed by atoms with E-state index >= 15 is 0 Å². The summed E-state index contributed by atoms with van der Waals surface area (Å²) in [5, 5.41) is 7.85. The standard InChI is InChI=1S/C37H41N3O4/c1-6-23-40(35(42)32(24-27-13-9-8-10-14-27)39-36(43)44-37(3,4)5)33(29-19-17-26(7-2)18-20-29)34(41)38-31-22-21-28-15-11-12-16-30(28)25-31/h6,8-22,25,32-33H,1,7,23-24H2,2-5H3,(H,38,41)(H,39,43). The highest BCUT2D eigenvalue weighted by Gasteiger charge is 2.36. The van der Waals surface area contributed by atoms with Crippen molar-refractivity contribution in [2.24, 2.45) is 0 Å². The normalized spacial score (nSPS) is 12.5. The zero-order chi connectivity index (χ0) is 31.7. The molecule has 228 valence electrons. The lowest BCUT2D eigenvalue weighted by Crippen LogP contribution is -2.53. The third-order valence-electron chi connectivity index (χ3n) is 7.16. The summed E-state index contributed by atoms with van der Waals surface area (Å²) in [7, 11) is 0. The number of nitrogens with one attached hydrogen (secondary N) is 2. The van der Waals surface area contributed by atoms with Gasteiger partial charge in [0.1, 0.15) is 17.7 Å². The minimum Gasteiger partial charge on any atom is -0.444 e.